The Hall–Kier alpha value is -2.34. The van der Waals surface area contributed by atoms with Crippen molar-refractivity contribution in [2.24, 2.45) is 0 Å². The van der Waals surface area contributed by atoms with Crippen LogP contribution in [0.5, 0.6) is 0 Å². The molecule has 0 aliphatic heterocycles. The predicted octanol–water partition coefficient (Wildman–Crippen LogP) is 8.06. The molecule has 1 aliphatic carbocycles. The second-order valence-electron chi connectivity index (χ2n) is 8.53. The van der Waals surface area contributed by atoms with E-state index in [9.17, 15) is 0 Å². The van der Waals surface area contributed by atoms with Gasteiger partial charge in [0.2, 0.25) is 0 Å². The first-order valence-corrected chi connectivity index (χ1v) is 11.0. The van der Waals surface area contributed by atoms with Crippen molar-refractivity contribution in [2.45, 2.75) is 64.2 Å². The quantitative estimate of drug-likeness (QED) is 0.427. The zero-order valence-corrected chi connectivity index (χ0v) is 17.3. The molecule has 0 heterocycles. The topological polar surface area (TPSA) is 0 Å². The molecule has 28 heavy (non-hydrogen) atoms. The summed E-state index contributed by atoms with van der Waals surface area (Å²) >= 11 is 0. The van der Waals surface area contributed by atoms with E-state index in [0.29, 0.717) is 0 Å². The van der Waals surface area contributed by atoms with Crippen LogP contribution in [0.4, 0.5) is 0 Å². The van der Waals surface area contributed by atoms with Gasteiger partial charge in [0.15, 0.2) is 0 Å². The molecule has 0 nitrogen and oxygen atoms in total. The summed E-state index contributed by atoms with van der Waals surface area (Å²) in [7, 11) is 0. The van der Waals surface area contributed by atoms with Gasteiger partial charge in [0.05, 0.1) is 0 Å². The third-order valence-corrected chi connectivity index (χ3v) is 6.48. The summed E-state index contributed by atoms with van der Waals surface area (Å²) < 4.78 is 0. The first-order valence-electron chi connectivity index (χ1n) is 11.0. The van der Waals surface area contributed by atoms with Crippen LogP contribution in [0.3, 0.4) is 0 Å². The van der Waals surface area contributed by atoms with E-state index in [4.69, 9.17) is 0 Å². The Morgan fingerprint density at radius 3 is 1.50 bits per heavy atom. The second kappa shape index (κ2) is 8.78. The zero-order valence-electron chi connectivity index (χ0n) is 17.3. The van der Waals surface area contributed by atoms with E-state index in [2.05, 4.69) is 86.6 Å². The minimum Gasteiger partial charge on any atom is -0.0651 e. The molecule has 0 aromatic heterocycles. The number of hydrogen-bond donors (Lipinski definition) is 0. The average molecular weight is 369 g/mol. The lowest BCUT2D eigenvalue weighted by atomic mass is 9.76. The lowest BCUT2D eigenvalue weighted by molar-refractivity contribution is 0.396. The Bertz CT molecular complexity index is 861. The Morgan fingerprint density at radius 2 is 1.04 bits per heavy atom. The third kappa shape index (κ3) is 4.38. The van der Waals surface area contributed by atoms with Gasteiger partial charge in [-0.25, -0.2) is 0 Å². The first kappa shape index (κ1) is 19.0. The molecular formula is C28H32. The number of benzene rings is 3. The van der Waals surface area contributed by atoms with E-state index in [1.165, 1.54) is 66.3 Å². The first-order chi connectivity index (χ1) is 13.7. The minimum atomic E-state index is 0.725. The average Bonchev–Trinajstić information content (AvgIpc) is 2.75. The van der Waals surface area contributed by atoms with Crippen molar-refractivity contribution in [2.75, 3.05) is 0 Å². The van der Waals surface area contributed by atoms with Gasteiger partial charge in [-0.05, 0) is 78.7 Å². The summed E-state index contributed by atoms with van der Waals surface area (Å²) in [5.74, 6) is 1.47. The predicted molar refractivity (Wildman–Crippen MR) is 121 cm³/mol. The van der Waals surface area contributed by atoms with Gasteiger partial charge < -0.3 is 0 Å². The number of aryl methyl sites for hydroxylation is 2. The van der Waals surface area contributed by atoms with Crippen molar-refractivity contribution in [1.82, 2.24) is 0 Å². The summed E-state index contributed by atoms with van der Waals surface area (Å²) in [5, 5.41) is 0. The van der Waals surface area contributed by atoms with Crippen LogP contribution in [0.15, 0.2) is 72.8 Å². The third-order valence-electron chi connectivity index (χ3n) is 6.48. The van der Waals surface area contributed by atoms with Crippen LogP contribution < -0.4 is 0 Å². The minimum absolute atomic E-state index is 0.725. The Kier molecular flexibility index (Phi) is 5.95. The van der Waals surface area contributed by atoms with Crippen LogP contribution >= 0.6 is 0 Å². The molecule has 1 saturated carbocycles. The molecule has 144 valence electrons. The van der Waals surface area contributed by atoms with E-state index in [1.807, 2.05) is 0 Å². The fourth-order valence-corrected chi connectivity index (χ4v) is 4.70. The van der Waals surface area contributed by atoms with Gasteiger partial charge >= 0.3 is 0 Å². The van der Waals surface area contributed by atoms with Gasteiger partial charge in [-0.15, -0.1) is 0 Å². The van der Waals surface area contributed by atoms with Crippen LogP contribution in [-0.4, -0.2) is 0 Å². The molecule has 1 fully saturated rings. The lowest BCUT2D eigenvalue weighted by Crippen LogP contribution is -2.12. The van der Waals surface area contributed by atoms with Crippen molar-refractivity contribution >= 4 is 0 Å². The van der Waals surface area contributed by atoms with Crippen LogP contribution in [-0.2, 0) is 6.42 Å². The summed E-state index contributed by atoms with van der Waals surface area (Å²) in [6.45, 7) is 4.39. The lowest BCUT2D eigenvalue weighted by Gasteiger charge is -2.29. The maximum Gasteiger partial charge on any atom is -0.0162 e. The van der Waals surface area contributed by atoms with Crippen molar-refractivity contribution in [1.29, 1.82) is 0 Å². The Morgan fingerprint density at radius 1 is 0.607 bits per heavy atom. The molecule has 0 heteroatoms. The molecule has 0 saturated heterocycles. The highest BCUT2D eigenvalue weighted by Crippen LogP contribution is 2.40. The summed E-state index contributed by atoms with van der Waals surface area (Å²) in [5.41, 5.74) is 8.50. The van der Waals surface area contributed by atoms with Gasteiger partial charge in [0.25, 0.3) is 0 Å². The van der Waals surface area contributed by atoms with E-state index in [0.717, 1.165) is 11.8 Å². The maximum atomic E-state index is 2.38. The monoisotopic (exact) mass is 368 g/mol. The molecule has 0 atom stereocenters. The summed E-state index contributed by atoms with van der Waals surface area (Å²) in [6.07, 6.45) is 7.68. The molecule has 3 aromatic rings. The fourth-order valence-electron chi connectivity index (χ4n) is 4.70. The molecule has 0 unspecified atom stereocenters. The van der Waals surface area contributed by atoms with Crippen molar-refractivity contribution in [3.63, 3.8) is 0 Å². The van der Waals surface area contributed by atoms with E-state index < -0.39 is 0 Å². The Labute approximate surface area is 170 Å². The summed E-state index contributed by atoms with van der Waals surface area (Å²) in [6, 6.07) is 27.6. The van der Waals surface area contributed by atoms with Gasteiger partial charge in [-0.2, -0.15) is 0 Å². The van der Waals surface area contributed by atoms with Crippen molar-refractivity contribution in [3.05, 3.63) is 95.1 Å². The highest BCUT2D eigenvalue weighted by Gasteiger charge is 2.23. The highest BCUT2D eigenvalue weighted by molar-refractivity contribution is 5.64. The molecular weight excluding hydrogens is 336 g/mol. The van der Waals surface area contributed by atoms with Gasteiger partial charge in [0, 0.05) is 0 Å². The molecule has 1 aliphatic rings. The standard InChI is InChI=1S/C28H32/c1-3-4-22-7-11-24(12-8-22)26-15-19-28(20-16-26)27-17-13-25(14-18-27)23-9-5-21(2)6-10-23/h5-14,17-18,26,28H,3-4,15-16,19-20H2,1-2H3. The van der Waals surface area contributed by atoms with Gasteiger partial charge in [0.1, 0.15) is 0 Å². The van der Waals surface area contributed by atoms with Crippen LogP contribution in [0, 0.1) is 6.92 Å². The molecule has 0 bridgehead atoms. The highest BCUT2D eigenvalue weighted by atomic mass is 14.3. The smallest absolute Gasteiger partial charge is 0.0162 e. The van der Waals surface area contributed by atoms with Crippen molar-refractivity contribution in [3.8, 4) is 11.1 Å². The SMILES string of the molecule is CCCc1ccc(C2CCC(c3ccc(-c4ccc(C)cc4)cc3)CC2)cc1. The van der Waals surface area contributed by atoms with Crippen LogP contribution in [0.2, 0.25) is 0 Å². The van der Waals surface area contributed by atoms with Gasteiger partial charge in [-0.3, -0.25) is 0 Å². The maximum absolute atomic E-state index is 2.38. The zero-order chi connectivity index (χ0) is 19.3. The Balaban J connectivity index is 1.37. The van der Waals surface area contributed by atoms with E-state index in [1.54, 1.807) is 5.56 Å². The normalized spacial score (nSPS) is 19.5. The van der Waals surface area contributed by atoms with E-state index >= 15 is 0 Å². The summed E-state index contributed by atoms with van der Waals surface area (Å²) in [4.78, 5) is 0. The largest absolute Gasteiger partial charge is 0.0651 e. The fraction of sp³-hybridized carbons (Fsp3) is 0.357. The van der Waals surface area contributed by atoms with E-state index in [-0.39, 0.29) is 0 Å². The molecule has 0 radical (unpaired) electrons. The van der Waals surface area contributed by atoms with Gasteiger partial charge in [-0.1, -0.05) is 91.7 Å². The molecule has 4 rings (SSSR count). The van der Waals surface area contributed by atoms with Crippen LogP contribution in [0.25, 0.3) is 11.1 Å². The molecule has 0 N–H and O–H groups in total. The number of hydrogen-bond acceptors (Lipinski definition) is 0. The van der Waals surface area contributed by atoms with Crippen LogP contribution in [0.1, 0.15) is 73.1 Å². The second-order valence-corrected chi connectivity index (χ2v) is 8.53. The molecule has 0 amide bonds. The van der Waals surface area contributed by atoms with Crippen molar-refractivity contribution < 1.29 is 0 Å². The number of rotatable bonds is 5. The molecule has 0 spiro atoms. The molecule has 3 aromatic carbocycles.